The van der Waals surface area contributed by atoms with Crippen molar-refractivity contribution in [1.29, 1.82) is 0 Å². The van der Waals surface area contributed by atoms with Crippen molar-refractivity contribution in [2.45, 2.75) is 25.3 Å². The van der Waals surface area contributed by atoms with E-state index in [1.807, 2.05) is 0 Å². The summed E-state index contributed by atoms with van der Waals surface area (Å²) < 4.78 is 0. The van der Waals surface area contributed by atoms with Crippen molar-refractivity contribution in [2.24, 2.45) is 0 Å². The number of rotatable bonds is 2. The van der Waals surface area contributed by atoms with Crippen LogP contribution >= 0.6 is 11.3 Å². The summed E-state index contributed by atoms with van der Waals surface area (Å²) >= 11 is 1.52. The normalized spacial score (nSPS) is 17.8. The van der Waals surface area contributed by atoms with Gasteiger partial charge in [-0.3, -0.25) is 9.78 Å². The number of nitrogen functional groups attached to an aromatic ring is 1. The molecule has 2 aromatic heterocycles. The van der Waals surface area contributed by atoms with E-state index in [9.17, 15) is 4.79 Å². The fourth-order valence-corrected chi connectivity index (χ4v) is 3.25. The van der Waals surface area contributed by atoms with E-state index in [0.29, 0.717) is 10.7 Å². The summed E-state index contributed by atoms with van der Waals surface area (Å²) in [6, 6.07) is 3.59. The molecule has 0 bridgehead atoms. The maximum absolute atomic E-state index is 12.1. The lowest BCUT2D eigenvalue weighted by Crippen LogP contribution is -2.38. The summed E-state index contributed by atoms with van der Waals surface area (Å²) in [7, 11) is 0. The molecule has 1 amide bonds. The molecule has 19 heavy (non-hydrogen) atoms. The zero-order valence-corrected chi connectivity index (χ0v) is 11.1. The van der Waals surface area contributed by atoms with Gasteiger partial charge in [-0.05, 0) is 25.0 Å². The van der Waals surface area contributed by atoms with Gasteiger partial charge in [0.25, 0.3) is 5.91 Å². The zero-order chi connectivity index (χ0) is 13.2. The lowest BCUT2D eigenvalue weighted by Gasteiger charge is -2.22. The van der Waals surface area contributed by atoms with Crippen LogP contribution in [0.4, 0.5) is 5.13 Å². The molecule has 2 aromatic rings. The zero-order valence-electron chi connectivity index (χ0n) is 10.3. The van der Waals surface area contributed by atoms with Crippen LogP contribution in [-0.4, -0.2) is 21.9 Å². The lowest BCUT2D eigenvalue weighted by atomic mass is 9.97. The van der Waals surface area contributed by atoms with Gasteiger partial charge in [0.1, 0.15) is 0 Å². The van der Waals surface area contributed by atoms with Crippen LogP contribution in [0.3, 0.4) is 0 Å². The van der Waals surface area contributed by atoms with Crippen LogP contribution < -0.4 is 11.1 Å². The van der Waals surface area contributed by atoms with Crippen molar-refractivity contribution in [3.8, 4) is 0 Å². The highest BCUT2D eigenvalue weighted by atomic mass is 32.1. The number of carbonyl (C=O) groups excluding carboxylic acids is 1. The van der Waals surface area contributed by atoms with Crippen molar-refractivity contribution in [3.63, 3.8) is 0 Å². The molecule has 98 valence electrons. The first kappa shape index (κ1) is 12.1. The minimum absolute atomic E-state index is 0.0478. The molecule has 0 aliphatic heterocycles. The number of nitrogens with one attached hydrogen (secondary N) is 1. The Morgan fingerprint density at radius 3 is 3.00 bits per heavy atom. The number of nitrogens with two attached hydrogens (primary N) is 1. The monoisotopic (exact) mass is 274 g/mol. The predicted octanol–water partition coefficient (Wildman–Crippen LogP) is 1.41. The highest BCUT2D eigenvalue weighted by Gasteiger charge is 2.23. The summed E-state index contributed by atoms with van der Waals surface area (Å²) in [4.78, 5) is 21.5. The van der Waals surface area contributed by atoms with Crippen LogP contribution in [0.2, 0.25) is 0 Å². The highest BCUT2D eigenvalue weighted by molar-refractivity contribution is 7.15. The van der Waals surface area contributed by atoms with Crippen LogP contribution in [0.25, 0.3) is 0 Å². The molecule has 1 unspecified atom stereocenters. The van der Waals surface area contributed by atoms with E-state index in [1.165, 1.54) is 16.2 Å². The second kappa shape index (κ2) is 4.97. The Bertz CT molecular complexity index is 596. The predicted molar refractivity (Wildman–Crippen MR) is 74.0 cm³/mol. The van der Waals surface area contributed by atoms with E-state index in [2.05, 4.69) is 15.3 Å². The Morgan fingerprint density at radius 1 is 1.42 bits per heavy atom. The van der Waals surface area contributed by atoms with Crippen LogP contribution in [0.15, 0.2) is 24.5 Å². The second-order valence-electron chi connectivity index (χ2n) is 4.57. The van der Waals surface area contributed by atoms with Crippen LogP contribution in [0, 0.1) is 0 Å². The van der Waals surface area contributed by atoms with Gasteiger partial charge in [-0.25, -0.2) is 4.98 Å². The number of fused-ring (bicyclic) bond motifs is 1. The third-order valence-electron chi connectivity index (χ3n) is 3.23. The molecule has 0 fully saturated rings. The molecule has 0 radical (unpaired) electrons. The molecule has 0 aromatic carbocycles. The van der Waals surface area contributed by atoms with Crippen LogP contribution in [0.5, 0.6) is 0 Å². The van der Waals surface area contributed by atoms with Gasteiger partial charge < -0.3 is 11.1 Å². The van der Waals surface area contributed by atoms with Gasteiger partial charge in [-0.15, -0.1) is 11.3 Å². The van der Waals surface area contributed by atoms with E-state index in [-0.39, 0.29) is 11.9 Å². The molecule has 5 nitrogen and oxygen atoms in total. The SMILES string of the molecule is Nc1nc2c(s1)CC(NC(=O)c1ccncc1)CC2. The first-order chi connectivity index (χ1) is 9.22. The number of aryl methyl sites for hydroxylation is 1. The summed E-state index contributed by atoms with van der Waals surface area (Å²) in [5.41, 5.74) is 7.45. The van der Waals surface area contributed by atoms with E-state index in [4.69, 9.17) is 5.73 Å². The number of thiazole rings is 1. The summed E-state index contributed by atoms with van der Waals surface area (Å²) in [5.74, 6) is -0.0478. The van der Waals surface area contributed by atoms with Crippen molar-refractivity contribution in [1.82, 2.24) is 15.3 Å². The maximum Gasteiger partial charge on any atom is 0.251 e. The third kappa shape index (κ3) is 2.58. The Hall–Kier alpha value is -1.95. The van der Waals surface area contributed by atoms with Crippen molar-refractivity contribution >= 4 is 22.4 Å². The molecule has 1 atom stereocenters. The van der Waals surface area contributed by atoms with Gasteiger partial charge >= 0.3 is 0 Å². The fraction of sp³-hybridized carbons (Fsp3) is 0.308. The number of aromatic nitrogens is 2. The quantitative estimate of drug-likeness (QED) is 0.867. The Balaban J connectivity index is 1.68. The van der Waals surface area contributed by atoms with E-state index >= 15 is 0 Å². The third-order valence-corrected chi connectivity index (χ3v) is 4.18. The highest BCUT2D eigenvalue weighted by Crippen LogP contribution is 2.28. The Kier molecular flexibility index (Phi) is 3.16. The number of amides is 1. The van der Waals surface area contributed by atoms with E-state index in [1.54, 1.807) is 24.5 Å². The van der Waals surface area contributed by atoms with Gasteiger partial charge in [-0.1, -0.05) is 0 Å². The minimum Gasteiger partial charge on any atom is -0.375 e. The smallest absolute Gasteiger partial charge is 0.251 e. The summed E-state index contributed by atoms with van der Waals surface area (Å²) in [6.07, 6.45) is 5.86. The van der Waals surface area contributed by atoms with E-state index < -0.39 is 0 Å². The van der Waals surface area contributed by atoms with E-state index in [0.717, 1.165) is 25.0 Å². The first-order valence-corrected chi connectivity index (χ1v) is 6.99. The topological polar surface area (TPSA) is 80.9 Å². The molecule has 1 aliphatic rings. The van der Waals surface area contributed by atoms with Crippen LogP contribution in [0.1, 0.15) is 27.3 Å². The minimum atomic E-state index is -0.0478. The lowest BCUT2D eigenvalue weighted by molar-refractivity contribution is 0.0933. The van der Waals surface area contributed by atoms with Crippen molar-refractivity contribution in [2.75, 3.05) is 5.73 Å². The van der Waals surface area contributed by atoms with Crippen LogP contribution in [-0.2, 0) is 12.8 Å². The number of pyridine rings is 1. The number of hydrogen-bond donors (Lipinski definition) is 2. The fourth-order valence-electron chi connectivity index (χ4n) is 2.29. The number of anilines is 1. The van der Waals surface area contributed by atoms with Crippen molar-refractivity contribution in [3.05, 3.63) is 40.7 Å². The molecular weight excluding hydrogens is 260 g/mol. The Morgan fingerprint density at radius 2 is 2.21 bits per heavy atom. The molecular formula is C13H14N4OS. The standard InChI is InChI=1S/C13H14N4OS/c14-13-17-10-2-1-9(7-11(10)19-13)16-12(18)8-3-5-15-6-4-8/h3-6,9H,1-2,7H2,(H2,14,17)(H,16,18). The Labute approximate surface area is 114 Å². The van der Waals surface area contributed by atoms with Gasteiger partial charge in [0.2, 0.25) is 0 Å². The maximum atomic E-state index is 12.1. The molecule has 1 aliphatic carbocycles. The summed E-state index contributed by atoms with van der Waals surface area (Å²) in [6.45, 7) is 0. The number of hydrogen-bond acceptors (Lipinski definition) is 5. The second-order valence-corrected chi connectivity index (χ2v) is 5.69. The molecule has 6 heteroatoms. The number of carbonyl (C=O) groups is 1. The number of nitrogens with zero attached hydrogens (tertiary/aromatic N) is 2. The average molecular weight is 274 g/mol. The van der Waals surface area contributed by atoms with Gasteiger partial charge in [-0.2, -0.15) is 0 Å². The summed E-state index contributed by atoms with van der Waals surface area (Å²) in [5, 5.41) is 3.67. The molecule has 3 N–H and O–H groups in total. The molecule has 0 saturated carbocycles. The molecule has 3 rings (SSSR count). The average Bonchev–Trinajstić information content (AvgIpc) is 2.79. The van der Waals surface area contributed by atoms with Crippen molar-refractivity contribution < 1.29 is 4.79 Å². The largest absolute Gasteiger partial charge is 0.375 e. The van der Waals surface area contributed by atoms with Gasteiger partial charge in [0.05, 0.1) is 5.69 Å². The molecule has 2 heterocycles. The van der Waals surface area contributed by atoms with Gasteiger partial charge in [0, 0.05) is 35.3 Å². The molecule has 0 saturated heterocycles. The molecule has 0 spiro atoms. The van der Waals surface area contributed by atoms with Gasteiger partial charge in [0.15, 0.2) is 5.13 Å². The first-order valence-electron chi connectivity index (χ1n) is 6.17.